The minimum Gasteiger partial charge on any atom is -0.496 e. The lowest BCUT2D eigenvalue weighted by Gasteiger charge is -2.12. The Hall–Kier alpha value is -1.55. The van der Waals surface area contributed by atoms with E-state index in [1.54, 1.807) is 7.11 Å². The van der Waals surface area contributed by atoms with Gasteiger partial charge in [-0.05, 0) is 27.1 Å². The van der Waals surface area contributed by atoms with E-state index in [-0.39, 0.29) is 5.91 Å². The summed E-state index contributed by atoms with van der Waals surface area (Å²) >= 11 is 0. The summed E-state index contributed by atoms with van der Waals surface area (Å²) in [5.74, 6) is 0.795. The van der Waals surface area contributed by atoms with Gasteiger partial charge in [0.15, 0.2) is 0 Å². The number of methoxy groups -OCH3 is 1. The molecule has 4 heteroatoms. The molecule has 1 amide bonds. The van der Waals surface area contributed by atoms with Crippen molar-refractivity contribution in [2.24, 2.45) is 0 Å². The lowest BCUT2D eigenvalue weighted by molar-refractivity contribution is -0.120. The van der Waals surface area contributed by atoms with E-state index in [0.29, 0.717) is 13.0 Å². The first-order valence-electron chi connectivity index (χ1n) is 6.08. The highest BCUT2D eigenvalue weighted by Gasteiger charge is 2.08. The summed E-state index contributed by atoms with van der Waals surface area (Å²) in [6, 6.07) is 5.87. The second-order valence-electron chi connectivity index (χ2n) is 4.65. The van der Waals surface area contributed by atoms with E-state index in [0.717, 1.165) is 23.4 Å². The van der Waals surface area contributed by atoms with Crippen LogP contribution in [0.15, 0.2) is 18.2 Å². The third-order valence-electron chi connectivity index (χ3n) is 2.67. The minimum absolute atomic E-state index is 0.0285. The number of hydrogen-bond acceptors (Lipinski definition) is 3. The van der Waals surface area contributed by atoms with Gasteiger partial charge in [0, 0.05) is 18.7 Å². The predicted octanol–water partition coefficient (Wildman–Crippen LogP) is 1.22. The molecule has 100 valence electrons. The summed E-state index contributed by atoms with van der Waals surface area (Å²) in [7, 11) is 5.59. The number of nitrogens with zero attached hydrogens (tertiary/aromatic N) is 1. The highest BCUT2D eigenvalue weighted by molar-refractivity contribution is 5.79. The van der Waals surface area contributed by atoms with Gasteiger partial charge in [-0.15, -0.1) is 0 Å². The number of ether oxygens (including phenoxy) is 1. The van der Waals surface area contributed by atoms with Crippen LogP contribution in [-0.2, 0) is 11.2 Å². The standard InChI is InChI=1S/C14H22N2O2/c1-11-5-6-13(18-4)12(9-11)10-14(17)15-7-8-16(2)3/h5-6,9H,7-8,10H2,1-4H3,(H,15,17). The Kier molecular flexibility index (Phi) is 5.65. The maximum atomic E-state index is 11.8. The molecule has 4 nitrogen and oxygen atoms in total. The van der Waals surface area contributed by atoms with Crippen LogP contribution in [0.1, 0.15) is 11.1 Å². The summed E-state index contributed by atoms with van der Waals surface area (Å²) in [4.78, 5) is 13.8. The predicted molar refractivity (Wildman–Crippen MR) is 73.0 cm³/mol. The molecular formula is C14H22N2O2. The zero-order valence-corrected chi connectivity index (χ0v) is 11.6. The molecule has 0 aliphatic carbocycles. The third-order valence-corrected chi connectivity index (χ3v) is 2.67. The molecule has 1 N–H and O–H groups in total. The van der Waals surface area contributed by atoms with Gasteiger partial charge in [-0.3, -0.25) is 4.79 Å². The number of benzene rings is 1. The largest absolute Gasteiger partial charge is 0.496 e. The fourth-order valence-electron chi connectivity index (χ4n) is 1.70. The van der Waals surface area contributed by atoms with E-state index in [1.807, 2.05) is 44.1 Å². The molecule has 0 radical (unpaired) electrons. The number of likely N-dealkylation sites (N-methyl/N-ethyl adjacent to an activating group) is 1. The van der Waals surface area contributed by atoms with Gasteiger partial charge in [-0.25, -0.2) is 0 Å². The zero-order chi connectivity index (χ0) is 13.5. The molecule has 0 atom stereocenters. The average Bonchev–Trinajstić information content (AvgIpc) is 2.28. The highest BCUT2D eigenvalue weighted by Crippen LogP contribution is 2.19. The van der Waals surface area contributed by atoms with E-state index >= 15 is 0 Å². The lowest BCUT2D eigenvalue weighted by atomic mass is 10.1. The second kappa shape index (κ2) is 7.01. The molecule has 0 unspecified atom stereocenters. The number of hydrogen-bond donors (Lipinski definition) is 1. The molecule has 0 saturated heterocycles. The number of carbonyl (C=O) groups excluding carboxylic acids is 1. The smallest absolute Gasteiger partial charge is 0.224 e. The van der Waals surface area contributed by atoms with Gasteiger partial charge in [-0.2, -0.15) is 0 Å². The van der Waals surface area contributed by atoms with Gasteiger partial charge in [0.05, 0.1) is 13.5 Å². The van der Waals surface area contributed by atoms with Crippen LogP contribution in [0.4, 0.5) is 0 Å². The Labute approximate surface area is 109 Å². The first-order chi connectivity index (χ1) is 8.52. The number of carbonyl (C=O) groups is 1. The van der Waals surface area contributed by atoms with Crippen molar-refractivity contribution in [3.05, 3.63) is 29.3 Å². The molecule has 0 aliphatic heterocycles. The summed E-state index contributed by atoms with van der Waals surface area (Å²) in [5.41, 5.74) is 2.06. The summed E-state index contributed by atoms with van der Waals surface area (Å²) < 4.78 is 5.26. The number of aryl methyl sites for hydroxylation is 1. The van der Waals surface area contributed by atoms with E-state index in [9.17, 15) is 4.79 Å². The van der Waals surface area contributed by atoms with Crippen molar-refractivity contribution in [3.63, 3.8) is 0 Å². The normalized spacial score (nSPS) is 10.5. The molecule has 18 heavy (non-hydrogen) atoms. The molecule has 0 saturated carbocycles. The maximum absolute atomic E-state index is 11.8. The molecule has 0 heterocycles. The SMILES string of the molecule is COc1ccc(C)cc1CC(=O)NCCN(C)C. The van der Waals surface area contributed by atoms with Crippen molar-refractivity contribution in [1.82, 2.24) is 10.2 Å². The number of amides is 1. The topological polar surface area (TPSA) is 41.6 Å². The molecule has 0 aromatic heterocycles. The Morgan fingerprint density at radius 3 is 2.72 bits per heavy atom. The summed E-state index contributed by atoms with van der Waals surface area (Å²) in [6.07, 6.45) is 0.359. The minimum atomic E-state index is 0.0285. The van der Waals surface area contributed by atoms with Crippen molar-refractivity contribution >= 4 is 5.91 Å². The first kappa shape index (κ1) is 14.5. The van der Waals surface area contributed by atoms with Gasteiger partial charge in [0.1, 0.15) is 5.75 Å². The molecule has 0 bridgehead atoms. The second-order valence-corrected chi connectivity index (χ2v) is 4.65. The lowest BCUT2D eigenvalue weighted by Crippen LogP contribution is -2.32. The zero-order valence-electron chi connectivity index (χ0n) is 11.6. The van der Waals surface area contributed by atoms with Crippen molar-refractivity contribution < 1.29 is 9.53 Å². The fourth-order valence-corrected chi connectivity index (χ4v) is 1.70. The van der Waals surface area contributed by atoms with Gasteiger partial charge in [0.25, 0.3) is 0 Å². The van der Waals surface area contributed by atoms with Crippen LogP contribution in [-0.4, -0.2) is 45.1 Å². The molecule has 0 aliphatic rings. The molecule has 0 spiro atoms. The maximum Gasteiger partial charge on any atom is 0.224 e. The summed E-state index contributed by atoms with van der Waals surface area (Å²) in [5, 5.41) is 2.90. The van der Waals surface area contributed by atoms with Crippen LogP contribution in [0, 0.1) is 6.92 Å². The molecule has 1 rings (SSSR count). The van der Waals surface area contributed by atoms with Gasteiger partial charge >= 0.3 is 0 Å². The molecule has 1 aromatic rings. The van der Waals surface area contributed by atoms with Crippen LogP contribution < -0.4 is 10.1 Å². The van der Waals surface area contributed by atoms with E-state index in [1.165, 1.54) is 0 Å². The van der Waals surface area contributed by atoms with Crippen LogP contribution in [0.2, 0.25) is 0 Å². The van der Waals surface area contributed by atoms with Crippen LogP contribution in [0.25, 0.3) is 0 Å². The van der Waals surface area contributed by atoms with E-state index < -0.39 is 0 Å². The Balaban J connectivity index is 2.55. The van der Waals surface area contributed by atoms with E-state index in [2.05, 4.69) is 5.32 Å². The van der Waals surface area contributed by atoms with Gasteiger partial charge in [0.2, 0.25) is 5.91 Å². The monoisotopic (exact) mass is 250 g/mol. The Morgan fingerprint density at radius 1 is 1.39 bits per heavy atom. The van der Waals surface area contributed by atoms with Gasteiger partial charge in [-0.1, -0.05) is 17.7 Å². The first-order valence-corrected chi connectivity index (χ1v) is 6.08. The molecule has 0 fully saturated rings. The average molecular weight is 250 g/mol. The Bertz CT molecular complexity index is 403. The van der Waals surface area contributed by atoms with Crippen LogP contribution >= 0.6 is 0 Å². The molecule has 1 aromatic carbocycles. The number of rotatable bonds is 6. The highest BCUT2D eigenvalue weighted by atomic mass is 16.5. The van der Waals surface area contributed by atoms with Crippen molar-refractivity contribution in [1.29, 1.82) is 0 Å². The summed E-state index contributed by atoms with van der Waals surface area (Å²) in [6.45, 7) is 3.52. The Morgan fingerprint density at radius 2 is 2.11 bits per heavy atom. The molecular weight excluding hydrogens is 228 g/mol. The van der Waals surface area contributed by atoms with Crippen molar-refractivity contribution in [3.8, 4) is 5.75 Å². The van der Waals surface area contributed by atoms with Crippen LogP contribution in [0.5, 0.6) is 5.75 Å². The third kappa shape index (κ3) is 4.75. The number of nitrogens with one attached hydrogen (secondary N) is 1. The quantitative estimate of drug-likeness (QED) is 0.825. The van der Waals surface area contributed by atoms with Crippen LogP contribution in [0.3, 0.4) is 0 Å². The van der Waals surface area contributed by atoms with Crippen molar-refractivity contribution in [2.75, 3.05) is 34.3 Å². The fraction of sp³-hybridized carbons (Fsp3) is 0.500. The van der Waals surface area contributed by atoms with E-state index in [4.69, 9.17) is 4.74 Å². The van der Waals surface area contributed by atoms with Crippen molar-refractivity contribution in [2.45, 2.75) is 13.3 Å². The van der Waals surface area contributed by atoms with Gasteiger partial charge < -0.3 is 15.0 Å².